The number of aryl methyl sites for hydroxylation is 2. The minimum Gasteiger partial charge on any atom is -0.462 e. The lowest BCUT2D eigenvalue weighted by Gasteiger charge is -2.31. The average Bonchev–Trinajstić information content (AvgIpc) is 3.15. The molecule has 1 N–H and O–H groups in total. The fourth-order valence-corrected chi connectivity index (χ4v) is 4.66. The zero-order valence-electron chi connectivity index (χ0n) is 20.9. The van der Waals surface area contributed by atoms with Gasteiger partial charge in [-0.3, -0.25) is 9.78 Å². The maximum atomic E-state index is 12.3. The van der Waals surface area contributed by atoms with Crippen molar-refractivity contribution < 1.29 is 19.4 Å². The molecule has 8 heteroatoms. The summed E-state index contributed by atoms with van der Waals surface area (Å²) in [5, 5.41) is 15.4. The van der Waals surface area contributed by atoms with Crippen LogP contribution in [0.3, 0.4) is 0 Å². The van der Waals surface area contributed by atoms with Crippen LogP contribution in [-0.4, -0.2) is 41.9 Å². The first-order chi connectivity index (χ1) is 15.7. The Morgan fingerprint density at radius 3 is 2.61 bits per heavy atom. The first kappa shape index (κ1) is 27.1. The topological polar surface area (TPSA) is 117 Å². The monoisotopic (exact) mass is 460 g/mol. The van der Waals surface area contributed by atoms with E-state index in [9.17, 15) is 15.4 Å². The van der Waals surface area contributed by atoms with E-state index in [-0.39, 0.29) is 29.6 Å². The van der Waals surface area contributed by atoms with Crippen LogP contribution in [0.1, 0.15) is 76.4 Å². The van der Waals surface area contributed by atoms with Gasteiger partial charge in [0.1, 0.15) is 6.10 Å². The molecule has 1 fully saturated rings. The Labute approximate surface area is 197 Å². The van der Waals surface area contributed by atoms with E-state index < -0.39 is 18.2 Å². The lowest BCUT2D eigenvalue weighted by Crippen LogP contribution is -2.31. The van der Waals surface area contributed by atoms with Crippen LogP contribution in [-0.2, 0) is 20.7 Å². The van der Waals surface area contributed by atoms with E-state index in [0.29, 0.717) is 12.8 Å². The summed E-state index contributed by atoms with van der Waals surface area (Å²) in [7, 11) is 1.70. The third kappa shape index (κ3) is 7.70. The number of hydrogen-bond donors (Lipinski definition) is 1. The molecule has 8 nitrogen and oxygen atoms in total. The number of ether oxygens (including phenoxy) is 2. The molecular weight excluding hydrogens is 420 g/mol. The number of aromatic nitrogens is 1. The Kier molecular flexibility index (Phi) is 10.6. The fraction of sp³-hybridized carbons (Fsp3) is 0.760. The third-order valence-electron chi connectivity index (χ3n) is 6.67. The van der Waals surface area contributed by atoms with Crippen molar-refractivity contribution in [1.82, 2.24) is 4.98 Å². The molecule has 5 atom stereocenters. The van der Waals surface area contributed by atoms with Gasteiger partial charge in [0.15, 0.2) is 0 Å². The Morgan fingerprint density at radius 1 is 1.30 bits per heavy atom. The van der Waals surface area contributed by atoms with E-state index in [1.807, 2.05) is 32.9 Å². The van der Waals surface area contributed by atoms with Crippen molar-refractivity contribution in [2.75, 3.05) is 13.7 Å². The molecule has 0 saturated carbocycles. The van der Waals surface area contributed by atoms with Crippen LogP contribution in [0.5, 0.6) is 0 Å². The number of pyridine rings is 1. The molecule has 184 valence electrons. The second kappa shape index (κ2) is 12.9. The highest BCUT2D eigenvalue weighted by Gasteiger charge is 2.41. The fourth-order valence-electron chi connectivity index (χ4n) is 4.66. The van der Waals surface area contributed by atoms with Crippen molar-refractivity contribution >= 4 is 5.97 Å². The molecule has 2 heterocycles. The quantitative estimate of drug-likeness (QED) is 0.140. The van der Waals surface area contributed by atoms with Gasteiger partial charge in [0.2, 0.25) is 0 Å². The molecule has 1 aliphatic heterocycles. The number of nitrogens with zero attached hydrogens (tertiary/aromatic N) is 4. The highest BCUT2D eigenvalue weighted by molar-refractivity contribution is 5.75. The summed E-state index contributed by atoms with van der Waals surface area (Å²) in [4.78, 5) is 19.9. The zero-order chi connectivity index (χ0) is 24.5. The van der Waals surface area contributed by atoms with E-state index in [0.717, 1.165) is 42.8 Å². The van der Waals surface area contributed by atoms with E-state index in [1.165, 1.54) is 0 Å². The molecule has 1 aromatic heterocycles. The lowest BCUT2D eigenvalue weighted by molar-refractivity contribution is -0.146. The molecule has 0 amide bonds. The van der Waals surface area contributed by atoms with Gasteiger partial charge in [0, 0.05) is 30.0 Å². The first-order valence-electron chi connectivity index (χ1n) is 12.1. The van der Waals surface area contributed by atoms with Gasteiger partial charge in [0.25, 0.3) is 0 Å². The molecule has 1 aromatic rings. The van der Waals surface area contributed by atoms with Crippen LogP contribution in [0.15, 0.2) is 17.2 Å². The van der Waals surface area contributed by atoms with E-state index >= 15 is 0 Å². The Balaban J connectivity index is 2.20. The van der Waals surface area contributed by atoms with Crippen molar-refractivity contribution in [3.05, 3.63) is 39.5 Å². The number of aliphatic hydroxyl groups is 1. The van der Waals surface area contributed by atoms with Gasteiger partial charge in [-0.2, -0.15) is 0 Å². The van der Waals surface area contributed by atoms with Crippen molar-refractivity contribution in [1.29, 1.82) is 0 Å². The number of hydrogen-bond acceptors (Lipinski definition) is 6. The van der Waals surface area contributed by atoms with Crippen LogP contribution in [0, 0.1) is 30.6 Å². The maximum Gasteiger partial charge on any atom is 0.309 e. The van der Waals surface area contributed by atoms with Crippen molar-refractivity contribution in [3.8, 4) is 0 Å². The maximum absolute atomic E-state index is 12.3. The first-order valence-corrected chi connectivity index (χ1v) is 12.1. The number of aliphatic hydroxyl groups excluding tert-OH is 1. The predicted octanol–water partition coefficient (Wildman–Crippen LogP) is 5.32. The number of cyclic esters (lactones) is 1. The van der Waals surface area contributed by atoms with Crippen molar-refractivity contribution in [3.63, 3.8) is 0 Å². The summed E-state index contributed by atoms with van der Waals surface area (Å²) in [6, 6.07) is 3.39. The number of esters is 1. The Hall–Kier alpha value is -2.15. The summed E-state index contributed by atoms with van der Waals surface area (Å²) < 4.78 is 10.7. The molecule has 0 spiro atoms. The summed E-state index contributed by atoms with van der Waals surface area (Å²) in [5.74, 6) is -0.272. The standard InChI is InChI=1S/C25H40N4O4/c1-15(2)20(13-22(28-29-26)23-14-21(16(3)4)25(31)33-23)24(30)18-11-17(5)27-19(12-18)9-7-8-10-32-6/h11-12,15-16,20-24,30H,7-10,13-14H2,1-6H3. The van der Waals surface area contributed by atoms with E-state index in [4.69, 9.17) is 9.47 Å². The summed E-state index contributed by atoms with van der Waals surface area (Å²) in [6.07, 6.45) is 2.55. The second-order valence-corrected chi connectivity index (χ2v) is 9.91. The molecule has 5 unspecified atom stereocenters. The van der Waals surface area contributed by atoms with E-state index in [2.05, 4.69) is 28.9 Å². The Morgan fingerprint density at radius 2 is 2.03 bits per heavy atom. The van der Waals surface area contributed by atoms with Gasteiger partial charge in [-0.25, -0.2) is 0 Å². The minimum absolute atomic E-state index is 0.132. The number of unbranched alkanes of at least 4 members (excludes halogenated alkanes) is 1. The molecule has 0 aliphatic carbocycles. The summed E-state index contributed by atoms with van der Waals surface area (Å²) in [5.41, 5.74) is 11.8. The van der Waals surface area contributed by atoms with Crippen LogP contribution in [0.25, 0.3) is 10.4 Å². The van der Waals surface area contributed by atoms with Gasteiger partial charge in [-0.1, -0.05) is 32.8 Å². The highest BCUT2D eigenvalue weighted by atomic mass is 16.6. The molecule has 1 saturated heterocycles. The second-order valence-electron chi connectivity index (χ2n) is 9.91. The van der Waals surface area contributed by atoms with Crippen molar-refractivity contribution in [2.45, 2.75) is 85.0 Å². The SMILES string of the molecule is COCCCCc1cc(C(O)C(CC(N=[N+]=[N-])C2CC(C(C)C)C(=O)O2)C(C)C)cc(C)n1. The molecule has 33 heavy (non-hydrogen) atoms. The number of methoxy groups -OCH3 is 1. The molecular formula is C25H40N4O4. The molecule has 0 aromatic carbocycles. The molecule has 0 radical (unpaired) electrons. The number of rotatable bonds is 13. The van der Waals surface area contributed by atoms with Crippen molar-refractivity contribution in [2.24, 2.45) is 28.8 Å². The van der Waals surface area contributed by atoms with Gasteiger partial charge in [-0.15, -0.1) is 0 Å². The zero-order valence-corrected chi connectivity index (χ0v) is 20.9. The minimum atomic E-state index is -0.737. The number of carbonyl (C=O) groups excluding carboxylic acids is 1. The molecule has 1 aliphatic rings. The highest BCUT2D eigenvalue weighted by Crippen LogP contribution is 2.37. The smallest absolute Gasteiger partial charge is 0.309 e. The summed E-state index contributed by atoms with van der Waals surface area (Å²) in [6.45, 7) is 10.8. The van der Waals surface area contributed by atoms with Crippen LogP contribution in [0.4, 0.5) is 0 Å². The van der Waals surface area contributed by atoms with Gasteiger partial charge in [-0.05, 0) is 80.0 Å². The van der Waals surface area contributed by atoms with Crippen LogP contribution >= 0.6 is 0 Å². The number of azide groups is 1. The molecule has 2 rings (SSSR count). The normalized spacial score (nSPS) is 21.1. The average molecular weight is 461 g/mol. The van der Waals surface area contributed by atoms with Gasteiger partial charge < -0.3 is 14.6 Å². The number of carbonyl (C=O) groups is 1. The molecule has 0 bridgehead atoms. The van der Waals surface area contributed by atoms with Gasteiger partial charge in [0.05, 0.1) is 18.1 Å². The lowest BCUT2D eigenvalue weighted by atomic mass is 9.80. The van der Waals surface area contributed by atoms with Gasteiger partial charge >= 0.3 is 5.97 Å². The Bertz CT molecular complexity index is 823. The largest absolute Gasteiger partial charge is 0.462 e. The summed E-state index contributed by atoms with van der Waals surface area (Å²) >= 11 is 0. The van der Waals surface area contributed by atoms with Crippen LogP contribution in [0.2, 0.25) is 0 Å². The third-order valence-corrected chi connectivity index (χ3v) is 6.67. The predicted molar refractivity (Wildman–Crippen MR) is 127 cm³/mol. The van der Waals surface area contributed by atoms with E-state index in [1.54, 1.807) is 7.11 Å². The van der Waals surface area contributed by atoms with Crippen LogP contribution < -0.4 is 0 Å².